The minimum absolute atomic E-state index is 0.00695. The molecular formula is C34H51NO6S. The van der Waals surface area contributed by atoms with Crippen LogP contribution in [0.15, 0.2) is 30.3 Å². The summed E-state index contributed by atoms with van der Waals surface area (Å²) in [5.41, 5.74) is 1.10. The summed E-state index contributed by atoms with van der Waals surface area (Å²) in [6.07, 6.45) is 9.01. The molecule has 42 heavy (non-hydrogen) atoms. The summed E-state index contributed by atoms with van der Waals surface area (Å²) in [4.78, 5) is 23.1. The van der Waals surface area contributed by atoms with E-state index in [1.165, 1.54) is 0 Å². The SMILES string of the molecule is CC[C@@H]1C2C[C@H](OC=O)CCC2(C)[C@H]2CCC3(C)C([C@H](C)CCNS(=O)(=O)Cc4ccccc4)CC[C@H]3[C@@H]2[C@@H]1OC=O. The quantitative estimate of drug-likeness (QED) is 0.290. The van der Waals surface area contributed by atoms with Crippen molar-refractivity contribution < 1.29 is 27.5 Å². The van der Waals surface area contributed by atoms with E-state index >= 15 is 0 Å². The Hall–Kier alpha value is -1.93. The van der Waals surface area contributed by atoms with E-state index in [-0.39, 0.29) is 34.7 Å². The molecule has 0 bridgehead atoms. The third kappa shape index (κ3) is 5.79. The molecule has 4 aliphatic rings. The van der Waals surface area contributed by atoms with E-state index in [4.69, 9.17) is 9.47 Å². The highest BCUT2D eigenvalue weighted by molar-refractivity contribution is 7.88. The van der Waals surface area contributed by atoms with Gasteiger partial charge in [-0.05, 0) is 110 Å². The number of fused-ring (bicyclic) bond motifs is 5. The van der Waals surface area contributed by atoms with Crippen LogP contribution in [0.1, 0.15) is 91.0 Å². The first kappa shape index (κ1) is 31.5. The number of rotatable bonds is 12. The Morgan fingerprint density at radius 1 is 0.952 bits per heavy atom. The van der Waals surface area contributed by atoms with Crippen LogP contribution >= 0.6 is 0 Å². The van der Waals surface area contributed by atoms with Crippen molar-refractivity contribution in [1.82, 2.24) is 4.72 Å². The van der Waals surface area contributed by atoms with Crippen LogP contribution in [-0.4, -0.2) is 40.1 Å². The Morgan fingerprint density at radius 3 is 2.33 bits per heavy atom. The topological polar surface area (TPSA) is 98.8 Å². The van der Waals surface area contributed by atoms with Gasteiger partial charge in [-0.2, -0.15) is 0 Å². The van der Waals surface area contributed by atoms with Gasteiger partial charge in [0.15, 0.2) is 0 Å². The average molecular weight is 602 g/mol. The molecule has 4 saturated carbocycles. The molecule has 0 radical (unpaired) electrons. The number of sulfonamides is 1. The van der Waals surface area contributed by atoms with Gasteiger partial charge in [0, 0.05) is 12.5 Å². The number of hydrogen-bond acceptors (Lipinski definition) is 6. The predicted octanol–water partition coefficient (Wildman–Crippen LogP) is 6.12. The molecular weight excluding hydrogens is 550 g/mol. The van der Waals surface area contributed by atoms with E-state index in [2.05, 4.69) is 32.4 Å². The highest BCUT2D eigenvalue weighted by Gasteiger charge is 2.66. The lowest BCUT2D eigenvalue weighted by Crippen LogP contribution is -2.62. The molecule has 0 saturated heterocycles. The van der Waals surface area contributed by atoms with E-state index in [9.17, 15) is 18.0 Å². The van der Waals surface area contributed by atoms with E-state index in [1.54, 1.807) is 0 Å². The van der Waals surface area contributed by atoms with Crippen LogP contribution in [0.2, 0.25) is 0 Å². The van der Waals surface area contributed by atoms with Gasteiger partial charge in [0.25, 0.3) is 12.9 Å². The third-order valence-electron chi connectivity index (χ3n) is 12.7. The van der Waals surface area contributed by atoms with E-state index in [0.717, 1.165) is 63.4 Å². The second-order valence-corrected chi connectivity index (χ2v) is 16.2. The van der Waals surface area contributed by atoms with Gasteiger partial charge in [0.2, 0.25) is 10.0 Å². The summed E-state index contributed by atoms with van der Waals surface area (Å²) < 4.78 is 39.9. The van der Waals surface area contributed by atoms with Gasteiger partial charge in [0.05, 0.1) is 5.75 Å². The molecule has 4 fully saturated rings. The monoisotopic (exact) mass is 601 g/mol. The zero-order valence-electron chi connectivity index (χ0n) is 25.9. The largest absolute Gasteiger partial charge is 0.465 e. The number of benzene rings is 1. The Bertz CT molecular complexity index is 1190. The molecule has 0 amide bonds. The maximum atomic E-state index is 12.7. The summed E-state index contributed by atoms with van der Waals surface area (Å²) in [6, 6.07) is 9.33. The van der Waals surface area contributed by atoms with Crippen molar-refractivity contribution in [1.29, 1.82) is 0 Å². The second kappa shape index (κ2) is 12.6. The van der Waals surface area contributed by atoms with Crippen LogP contribution in [0.4, 0.5) is 0 Å². The lowest BCUT2D eigenvalue weighted by atomic mass is 9.41. The molecule has 0 aliphatic heterocycles. The Morgan fingerprint density at radius 2 is 1.64 bits per heavy atom. The molecule has 0 spiro atoms. The minimum atomic E-state index is -3.38. The van der Waals surface area contributed by atoms with Crippen molar-refractivity contribution >= 4 is 23.0 Å². The minimum Gasteiger partial charge on any atom is -0.465 e. The van der Waals surface area contributed by atoms with Crippen molar-refractivity contribution in [2.24, 2.45) is 52.3 Å². The van der Waals surface area contributed by atoms with E-state index < -0.39 is 10.0 Å². The molecule has 5 rings (SSSR count). The van der Waals surface area contributed by atoms with Crippen LogP contribution in [0.3, 0.4) is 0 Å². The van der Waals surface area contributed by atoms with Crippen LogP contribution in [0, 0.1) is 52.3 Å². The highest BCUT2D eigenvalue weighted by atomic mass is 32.2. The van der Waals surface area contributed by atoms with Crippen molar-refractivity contribution in [3.05, 3.63) is 35.9 Å². The van der Waals surface area contributed by atoms with Crippen LogP contribution in [-0.2, 0) is 34.8 Å². The number of carbonyl (C=O) groups is 2. The van der Waals surface area contributed by atoms with Crippen molar-refractivity contribution in [3.8, 4) is 0 Å². The predicted molar refractivity (Wildman–Crippen MR) is 162 cm³/mol. The van der Waals surface area contributed by atoms with Crippen molar-refractivity contribution in [2.45, 2.75) is 103 Å². The first-order valence-electron chi connectivity index (χ1n) is 16.3. The normalized spacial score (nSPS) is 40.2. The molecule has 4 unspecified atom stereocenters. The van der Waals surface area contributed by atoms with Crippen LogP contribution < -0.4 is 4.72 Å². The number of carbonyl (C=O) groups excluding carboxylic acids is 2. The maximum absolute atomic E-state index is 12.7. The number of nitrogens with one attached hydrogen (secondary N) is 1. The molecule has 0 heterocycles. The standard InChI is InChI=1S/C34H51NO6S/c1-5-26-30-19-25(40-21-36)13-16-34(30,4)29-14-17-33(3)27(11-12-28(33)31(29)32(26)41-22-37)23(2)15-18-35-42(38,39)20-24-9-7-6-8-10-24/h6-10,21-23,25-32,35H,5,11-20H2,1-4H3/t23-,25-,26-,27?,28+,29+,30?,31+,32-,33?,34?/m1/s1. The Balaban J connectivity index is 1.30. The third-order valence-corrected chi connectivity index (χ3v) is 14.0. The first-order valence-corrected chi connectivity index (χ1v) is 17.9. The summed E-state index contributed by atoms with van der Waals surface area (Å²) in [5, 5.41) is 0. The number of ether oxygens (including phenoxy) is 2. The maximum Gasteiger partial charge on any atom is 0.293 e. The van der Waals surface area contributed by atoms with Crippen LogP contribution in [0.5, 0.6) is 0 Å². The van der Waals surface area contributed by atoms with Crippen LogP contribution in [0.25, 0.3) is 0 Å². The van der Waals surface area contributed by atoms with Gasteiger partial charge in [-0.3, -0.25) is 9.59 Å². The van der Waals surface area contributed by atoms with Gasteiger partial charge in [-0.25, -0.2) is 13.1 Å². The van der Waals surface area contributed by atoms with Gasteiger partial charge in [0.1, 0.15) is 12.2 Å². The molecule has 8 heteroatoms. The summed E-state index contributed by atoms with van der Waals surface area (Å²) in [7, 11) is -3.38. The molecule has 11 atom stereocenters. The average Bonchev–Trinajstić information content (AvgIpc) is 3.31. The fourth-order valence-corrected chi connectivity index (χ4v) is 12.0. The summed E-state index contributed by atoms with van der Waals surface area (Å²) in [6.45, 7) is 11.2. The summed E-state index contributed by atoms with van der Waals surface area (Å²) >= 11 is 0. The molecule has 1 aromatic carbocycles. The fourth-order valence-electron chi connectivity index (χ4n) is 10.8. The van der Waals surface area contributed by atoms with E-state index in [1.807, 2.05) is 30.3 Å². The van der Waals surface area contributed by atoms with Gasteiger partial charge in [-0.15, -0.1) is 0 Å². The second-order valence-electron chi connectivity index (χ2n) is 14.4. The molecule has 234 valence electrons. The fraction of sp³-hybridized carbons (Fsp3) is 0.765. The van der Waals surface area contributed by atoms with Gasteiger partial charge < -0.3 is 9.47 Å². The Labute approximate surface area is 252 Å². The number of hydrogen-bond donors (Lipinski definition) is 1. The Kier molecular flexibility index (Phi) is 9.44. The molecule has 7 nitrogen and oxygen atoms in total. The molecule has 0 aromatic heterocycles. The molecule has 1 N–H and O–H groups in total. The molecule has 1 aromatic rings. The van der Waals surface area contributed by atoms with Crippen molar-refractivity contribution in [3.63, 3.8) is 0 Å². The lowest BCUT2D eigenvalue weighted by molar-refractivity contribution is -0.213. The lowest BCUT2D eigenvalue weighted by Gasteiger charge is -2.65. The van der Waals surface area contributed by atoms with Gasteiger partial charge in [-0.1, -0.05) is 58.0 Å². The van der Waals surface area contributed by atoms with Gasteiger partial charge >= 0.3 is 0 Å². The summed E-state index contributed by atoms with van der Waals surface area (Å²) in [5.74, 6) is 2.86. The zero-order valence-corrected chi connectivity index (χ0v) is 26.7. The van der Waals surface area contributed by atoms with Crippen molar-refractivity contribution in [2.75, 3.05) is 6.54 Å². The van der Waals surface area contributed by atoms with E-state index in [0.29, 0.717) is 55.0 Å². The smallest absolute Gasteiger partial charge is 0.293 e. The first-order chi connectivity index (χ1) is 20.1. The highest BCUT2D eigenvalue weighted by Crippen LogP contribution is 2.70. The molecule has 4 aliphatic carbocycles. The zero-order chi connectivity index (χ0) is 30.1.